The smallest absolute Gasteiger partial charge is 0.475 e. The van der Waals surface area contributed by atoms with E-state index >= 15 is 0 Å². The molecule has 0 aromatic carbocycles. The van der Waals surface area contributed by atoms with Crippen LogP contribution >= 0.6 is 0 Å². The number of hydrogen-bond donors (Lipinski definition) is 2. The third-order valence-electron chi connectivity index (χ3n) is 6.28. The molecule has 0 radical (unpaired) electrons. The lowest BCUT2D eigenvalue weighted by atomic mass is 9.99. The number of halogens is 6. The first kappa shape index (κ1) is 29.9. The zero-order chi connectivity index (χ0) is 27.1. The highest BCUT2D eigenvalue weighted by Crippen LogP contribution is 2.34. The first-order valence-electron chi connectivity index (χ1n) is 11.4. The predicted octanol–water partition coefficient (Wildman–Crippen LogP) is 3.93. The summed E-state index contributed by atoms with van der Waals surface area (Å²) in [4.78, 5) is 23.2. The molecular formula is C22H30F6N2O6. The Kier molecular flexibility index (Phi) is 10.6. The van der Waals surface area contributed by atoms with Crippen LogP contribution in [0.15, 0.2) is 16.5 Å². The molecule has 3 aliphatic rings. The summed E-state index contributed by atoms with van der Waals surface area (Å²) in [6.07, 6.45) is -5.01. The summed E-state index contributed by atoms with van der Waals surface area (Å²) >= 11 is 0. The van der Waals surface area contributed by atoms with Crippen molar-refractivity contribution in [2.75, 3.05) is 32.8 Å². The second-order valence-electron chi connectivity index (χ2n) is 8.85. The molecule has 3 fully saturated rings. The van der Waals surface area contributed by atoms with Crippen LogP contribution in [0.3, 0.4) is 0 Å². The van der Waals surface area contributed by atoms with Gasteiger partial charge in [-0.25, -0.2) is 9.59 Å². The molecule has 3 saturated heterocycles. The molecule has 14 heteroatoms. The molecule has 0 bridgehead atoms. The average Bonchev–Trinajstić information content (AvgIpc) is 3.47. The summed E-state index contributed by atoms with van der Waals surface area (Å²) in [5.74, 6) is -2.51. The van der Waals surface area contributed by atoms with E-state index in [-0.39, 0.29) is 0 Å². The van der Waals surface area contributed by atoms with Gasteiger partial charge < -0.3 is 19.4 Å². The highest BCUT2D eigenvalue weighted by Gasteiger charge is 2.43. The van der Waals surface area contributed by atoms with Crippen molar-refractivity contribution < 1.29 is 55.3 Å². The zero-order valence-corrected chi connectivity index (χ0v) is 19.6. The van der Waals surface area contributed by atoms with Gasteiger partial charge in [-0.15, -0.1) is 0 Å². The number of carboxylic acid groups (broad SMARTS) is 2. The minimum atomic E-state index is -5.08. The van der Waals surface area contributed by atoms with Gasteiger partial charge in [0.05, 0.1) is 6.54 Å². The van der Waals surface area contributed by atoms with Crippen molar-refractivity contribution in [2.24, 2.45) is 5.92 Å². The van der Waals surface area contributed by atoms with Crippen LogP contribution in [0.2, 0.25) is 0 Å². The van der Waals surface area contributed by atoms with Crippen molar-refractivity contribution in [1.82, 2.24) is 9.80 Å². The summed E-state index contributed by atoms with van der Waals surface area (Å²) < 4.78 is 74.7. The van der Waals surface area contributed by atoms with E-state index in [9.17, 15) is 26.3 Å². The Hall–Kier alpha value is -2.32. The standard InChI is InChI=1S/C18H28N2O2.2C2HF3O2/c1-14-2-3-16(22-14)13-20-9-5-17-18(20)4-8-19(17)12-15-6-10-21-11-7-15;2*3-2(4,5)1(6)7/h2-3,15,17-18H,4-13H2,1H3;2*(H,6,7)/t17-,18+;;/m1../s1. The molecule has 0 unspecified atom stereocenters. The molecule has 0 spiro atoms. The summed E-state index contributed by atoms with van der Waals surface area (Å²) in [5, 5.41) is 14.2. The van der Waals surface area contributed by atoms with Crippen LogP contribution in [0, 0.1) is 12.8 Å². The van der Waals surface area contributed by atoms with E-state index in [1.165, 1.54) is 45.3 Å². The quantitative estimate of drug-likeness (QED) is 0.563. The SMILES string of the molecule is Cc1ccc(CN2CC[C@@H]3[C@@H]2CCN3CC2CCOCC2)o1.O=C(O)C(F)(F)F.O=C(O)C(F)(F)F. The summed E-state index contributed by atoms with van der Waals surface area (Å²) in [6, 6.07) is 5.73. The molecule has 36 heavy (non-hydrogen) atoms. The van der Waals surface area contributed by atoms with Gasteiger partial charge in [-0.05, 0) is 50.7 Å². The summed E-state index contributed by atoms with van der Waals surface area (Å²) in [7, 11) is 0. The fourth-order valence-corrected chi connectivity index (χ4v) is 4.62. The third kappa shape index (κ3) is 9.28. The topological polar surface area (TPSA) is 103 Å². The van der Waals surface area contributed by atoms with Crippen LogP contribution in [0.4, 0.5) is 26.3 Å². The number of fused-ring (bicyclic) bond motifs is 1. The predicted molar refractivity (Wildman–Crippen MR) is 113 cm³/mol. The molecule has 2 atom stereocenters. The van der Waals surface area contributed by atoms with E-state index < -0.39 is 24.3 Å². The second kappa shape index (κ2) is 12.8. The number of alkyl halides is 6. The highest BCUT2D eigenvalue weighted by atomic mass is 19.4. The Morgan fingerprint density at radius 2 is 1.36 bits per heavy atom. The van der Waals surface area contributed by atoms with Gasteiger partial charge in [0, 0.05) is 44.9 Å². The molecule has 3 aliphatic heterocycles. The monoisotopic (exact) mass is 532 g/mol. The van der Waals surface area contributed by atoms with Crippen molar-refractivity contribution >= 4 is 11.9 Å². The maximum absolute atomic E-state index is 10.6. The number of aryl methyl sites for hydroxylation is 1. The van der Waals surface area contributed by atoms with Crippen LogP contribution in [-0.2, 0) is 20.9 Å². The van der Waals surface area contributed by atoms with Crippen LogP contribution in [0.5, 0.6) is 0 Å². The van der Waals surface area contributed by atoms with E-state index in [4.69, 9.17) is 29.0 Å². The number of carbonyl (C=O) groups is 2. The summed E-state index contributed by atoms with van der Waals surface area (Å²) in [6.45, 7) is 8.74. The maximum atomic E-state index is 10.6. The van der Waals surface area contributed by atoms with Gasteiger partial charge in [-0.1, -0.05) is 0 Å². The van der Waals surface area contributed by atoms with Crippen molar-refractivity contribution in [3.05, 3.63) is 23.7 Å². The normalized spacial score (nSPS) is 23.3. The molecule has 0 amide bonds. The fraction of sp³-hybridized carbons (Fsp3) is 0.727. The lowest BCUT2D eigenvalue weighted by Crippen LogP contribution is -2.39. The van der Waals surface area contributed by atoms with Crippen LogP contribution < -0.4 is 0 Å². The fourth-order valence-electron chi connectivity index (χ4n) is 4.62. The number of aliphatic carboxylic acids is 2. The van der Waals surface area contributed by atoms with Crippen LogP contribution in [-0.4, -0.2) is 89.2 Å². The number of hydrogen-bond acceptors (Lipinski definition) is 6. The summed E-state index contributed by atoms with van der Waals surface area (Å²) in [5.41, 5.74) is 0. The van der Waals surface area contributed by atoms with Gasteiger partial charge in [0.1, 0.15) is 11.5 Å². The van der Waals surface area contributed by atoms with Crippen LogP contribution in [0.1, 0.15) is 37.2 Å². The zero-order valence-electron chi connectivity index (χ0n) is 19.6. The molecule has 0 saturated carbocycles. The van der Waals surface area contributed by atoms with Gasteiger partial charge in [0.15, 0.2) is 0 Å². The minimum Gasteiger partial charge on any atom is -0.475 e. The number of furan rings is 1. The lowest BCUT2D eigenvalue weighted by Gasteiger charge is -2.30. The molecule has 4 rings (SSSR count). The third-order valence-corrected chi connectivity index (χ3v) is 6.28. The van der Waals surface area contributed by atoms with E-state index in [1.807, 2.05) is 6.92 Å². The van der Waals surface area contributed by atoms with Crippen molar-refractivity contribution in [2.45, 2.75) is 63.6 Å². The van der Waals surface area contributed by atoms with E-state index in [0.29, 0.717) is 0 Å². The Morgan fingerprint density at radius 1 is 0.889 bits per heavy atom. The maximum Gasteiger partial charge on any atom is 0.490 e. The molecule has 1 aromatic rings. The Balaban J connectivity index is 0.000000271. The van der Waals surface area contributed by atoms with Crippen molar-refractivity contribution in [1.29, 1.82) is 0 Å². The Morgan fingerprint density at radius 3 is 1.81 bits per heavy atom. The Bertz CT molecular complexity index is 829. The number of rotatable bonds is 4. The number of carboxylic acids is 2. The van der Waals surface area contributed by atoms with Gasteiger partial charge >= 0.3 is 24.3 Å². The second-order valence-corrected chi connectivity index (χ2v) is 8.85. The highest BCUT2D eigenvalue weighted by molar-refractivity contribution is 5.73. The average molecular weight is 532 g/mol. The molecule has 206 valence electrons. The van der Waals surface area contributed by atoms with Crippen molar-refractivity contribution in [3.63, 3.8) is 0 Å². The first-order chi connectivity index (χ1) is 16.7. The largest absolute Gasteiger partial charge is 0.490 e. The van der Waals surface area contributed by atoms with Gasteiger partial charge in [-0.3, -0.25) is 9.80 Å². The van der Waals surface area contributed by atoms with Gasteiger partial charge in [-0.2, -0.15) is 26.3 Å². The molecule has 2 N–H and O–H groups in total. The van der Waals surface area contributed by atoms with Crippen LogP contribution in [0.25, 0.3) is 0 Å². The lowest BCUT2D eigenvalue weighted by molar-refractivity contribution is -0.193. The number of ether oxygens (including phenoxy) is 1. The van der Waals surface area contributed by atoms with E-state index in [2.05, 4.69) is 21.9 Å². The number of nitrogens with zero attached hydrogens (tertiary/aromatic N) is 2. The first-order valence-corrected chi connectivity index (χ1v) is 11.4. The van der Waals surface area contributed by atoms with Gasteiger partial charge in [0.25, 0.3) is 0 Å². The molecular weight excluding hydrogens is 502 g/mol. The van der Waals surface area contributed by atoms with E-state index in [0.717, 1.165) is 49.3 Å². The van der Waals surface area contributed by atoms with Gasteiger partial charge in [0.2, 0.25) is 0 Å². The number of likely N-dealkylation sites (tertiary alicyclic amines) is 2. The Labute approximate surface area is 203 Å². The molecule has 1 aromatic heterocycles. The molecule has 0 aliphatic carbocycles. The minimum absolute atomic E-state index is 0.741. The van der Waals surface area contributed by atoms with E-state index in [1.54, 1.807) is 0 Å². The molecule has 4 heterocycles. The molecule has 8 nitrogen and oxygen atoms in total. The van der Waals surface area contributed by atoms with Crippen molar-refractivity contribution in [3.8, 4) is 0 Å².